The van der Waals surface area contributed by atoms with Gasteiger partial charge in [0.2, 0.25) is 0 Å². The van der Waals surface area contributed by atoms with Crippen LogP contribution in [0, 0.1) is 159 Å². The largest absolute Gasteiger partial charge is 0.394 e. The predicted octanol–water partition coefficient (Wildman–Crippen LogP) is 40.6. The normalized spacial score (nSPS) is 16.5. The van der Waals surface area contributed by atoms with E-state index in [9.17, 15) is 119 Å². The van der Waals surface area contributed by atoms with E-state index >= 15 is 0 Å². The van der Waals surface area contributed by atoms with E-state index in [1.807, 2.05) is 83.1 Å². The Hall–Kier alpha value is -1.89. The molecule has 0 heterocycles. The van der Waals surface area contributed by atoms with Crippen LogP contribution in [0.5, 0.6) is 0 Å². The predicted molar refractivity (Wildman–Crippen MR) is 463 cm³/mol. The Labute approximate surface area is 730 Å². The molecule has 0 saturated heterocycles. The molecule has 0 nitrogen and oxygen atoms in total. The molecule has 0 aromatic rings. The molecule has 9 atom stereocenters. The molecular formula is C95H185F27. The second-order valence-electron chi connectivity index (χ2n) is 46.7. The van der Waals surface area contributed by atoms with Crippen LogP contribution in [-0.4, -0.2) is 55.6 Å². The summed E-state index contributed by atoms with van der Waals surface area (Å²) in [6.07, 6.45) is -36.3. The minimum absolute atomic E-state index is 0.0362. The summed E-state index contributed by atoms with van der Waals surface area (Å²) in [5, 5.41) is 0. The fourth-order valence-electron chi connectivity index (χ4n) is 9.35. The van der Waals surface area contributed by atoms with Gasteiger partial charge in [-0.3, -0.25) is 0 Å². The molecule has 0 bridgehead atoms. The molecule has 0 aliphatic rings. The summed E-state index contributed by atoms with van der Waals surface area (Å²) in [5.41, 5.74) is -9.50. The Morgan fingerprint density at radius 1 is 0.221 bits per heavy atom. The fraction of sp³-hybridized carbons (Fsp3) is 1.00. The third-order valence-corrected chi connectivity index (χ3v) is 29.6. The zero-order valence-electron chi connectivity index (χ0n) is 86.9. The molecule has 0 N–H and O–H groups in total. The highest BCUT2D eigenvalue weighted by molar-refractivity contribution is 4.98. The molecular weight excluding hydrogens is 1650 g/mol. The van der Waals surface area contributed by atoms with Crippen LogP contribution >= 0.6 is 0 Å². The highest BCUT2D eigenvalue weighted by Gasteiger charge is 2.61. The molecule has 0 rings (SSSR count). The maximum atomic E-state index is 12.9. The van der Waals surface area contributed by atoms with Crippen molar-refractivity contribution in [2.75, 3.05) is 0 Å². The van der Waals surface area contributed by atoms with Gasteiger partial charge in [-0.05, 0) is 113 Å². The molecule has 0 amide bonds. The van der Waals surface area contributed by atoms with Gasteiger partial charge < -0.3 is 0 Å². The van der Waals surface area contributed by atoms with E-state index in [1.54, 1.807) is 125 Å². The molecule has 754 valence electrons. The Morgan fingerprint density at radius 2 is 0.467 bits per heavy atom. The second-order valence-corrected chi connectivity index (χ2v) is 46.7. The van der Waals surface area contributed by atoms with E-state index in [0.717, 1.165) is 17.8 Å². The van der Waals surface area contributed by atoms with Crippen molar-refractivity contribution in [1.29, 1.82) is 0 Å². The lowest BCUT2D eigenvalue weighted by molar-refractivity contribution is -0.263. The first-order valence-electron chi connectivity index (χ1n) is 43.1. The van der Waals surface area contributed by atoms with Gasteiger partial charge >= 0.3 is 55.6 Å². The molecule has 0 spiro atoms. The zero-order chi connectivity index (χ0) is 104. The van der Waals surface area contributed by atoms with Crippen LogP contribution in [0.2, 0.25) is 0 Å². The van der Waals surface area contributed by atoms with Crippen molar-refractivity contribution in [2.45, 2.75) is 456 Å². The molecule has 0 aromatic heterocycles. The van der Waals surface area contributed by atoms with Crippen molar-refractivity contribution in [1.82, 2.24) is 0 Å². The summed E-state index contributed by atoms with van der Waals surface area (Å²) in [6.45, 7) is 96.6. The monoisotopic (exact) mass is 1840 g/mol. The summed E-state index contributed by atoms with van der Waals surface area (Å²) in [5.74, 6) is -3.46. The van der Waals surface area contributed by atoms with Crippen molar-refractivity contribution in [3.8, 4) is 0 Å². The highest BCUT2D eigenvalue weighted by atomic mass is 19.4. The number of hydrogen-bond acceptors (Lipinski definition) is 0. The molecule has 0 radical (unpaired) electrons. The van der Waals surface area contributed by atoms with Crippen LogP contribution < -0.4 is 0 Å². The Kier molecular flexibility index (Phi) is 59.4. The van der Waals surface area contributed by atoms with E-state index in [4.69, 9.17) is 0 Å². The van der Waals surface area contributed by atoms with E-state index in [2.05, 4.69) is 90.0 Å². The second kappa shape index (κ2) is 50.7. The number of rotatable bonds is 14. The van der Waals surface area contributed by atoms with Crippen LogP contribution in [0.4, 0.5) is 119 Å². The summed E-state index contributed by atoms with van der Waals surface area (Å²) in [6, 6.07) is 0. The summed E-state index contributed by atoms with van der Waals surface area (Å²) >= 11 is 0. The molecule has 0 aromatic carbocycles. The van der Waals surface area contributed by atoms with Gasteiger partial charge in [-0.15, -0.1) is 0 Å². The van der Waals surface area contributed by atoms with Gasteiger partial charge in [0.15, 0.2) is 0 Å². The maximum absolute atomic E-state index is 12.9. The fourth-order valence-corrected chi connectivity index (χ4v) is 9.35. The SMILES string of the molecule is CC(C)(C)C(C)(C)C(C)(C)C(F)(F)F.CC(C)(C)C(C)(C)C(F)(F)F.CC(C)(C)C(C)(C)C(F)(F)F.CC(C)C(C)(C)C(C)(C)C.CC(C)C(C)(C)C(C)C(F)(F)F.CC(C)[C@@H](C)C(C)(C)C.CC(C)[C@@H](C)C(C)C(F)(F)F.CC(C)[C@@H](C)C(C)C(F)(F)F.CCC(C)(C)CC(F)(F)F.CCC(C)[C@@H](C)C(F)(F)F.C[C@H](C(C)(C)C)C(C)(C)C(F)(F)F. The lowest BCUT2D eigenvalue weighted by Gasteiger charge is -2.51. The average molecular weight is 1840 g/mol. The Bertz CT molecular complexity index is 2540. The van der Waals surface area contributed by atoms with Crippen molar-refractivity contribution in [3.63, 3.8) is 0 Å². The van der Waals surface area contributed by atoms with Crippen LogP contribution in [-0.2, 0) is 0 Å². The van der Waals surface area contributed by atoms with Crippen molar-refractivity contribution < 1.29 is 119 Å². The van der Waals surface area contributed by atoms with Gasteiger partial charge in [-0.25, -0.2) is 0 Å². The number of hydrogen-bond donors (Lipinski definition) is 0. The van der Waals surface area contributed by atoms with Gasteiger partial charge in [-0.2, -0.15) is 119 Å². The average Bonchev–Trinajstić information content (AvgIpc) is 0.751. The molecule has 0 aliphatic carbocycles. The third kappa shape index (κ3) is 53.4. The van der Waals surface area contributed by atoms with Crippen LogP contribution in [0.3, 0.4) is 0 Å². The smallest absolute Gasteiger partial charge is 0.171 e. The Balaban J connectivity index is -0.000000124. The van der Waals surface area contributed by atoms with E-state index in [1.165, 1.54) is 83.1 Å². The summed E-state index contributed by atoms with van der Waals surface area (Å²) < 4.78 is 331. The van der Waals surface area contributed by atoms with Gasteiger partial charge in [-0.1, -0.05) is 394 Å². The minimum atomic E-state index is -4.16. The Morgan fingerprint density at radius 3 is 0.516 bits per heavy atom. The maximum Gasteiger partial charge on any atom is 0.394 e. The molecule has 4 unspecified atom stereocenters. The molecule has 122 heavy (non-hydrogen) atoms. The lowest BCUT2D eigenvalue weighted by atomic mass is 9.55. The summed E-state index contributed by atoms with van der Waals surface area (Å²) in [4.78, 5) is 0. The number of halogens is 27. The van der Waals surface area contributed by atoms with E-state index < -0.39 is 140 Å². The third-order valence-electron chi connectivity index (χ3n) is 29.6. The van der Waals surface area contributed by atoms with Crippen molar-refractivity contribution in [2.24, 2.45) is 159 Å². The van der Waals surface area contributed by atoms with Gasteiger partial charge in [0.25, 0.3) is 0 Å². The van der Waals surface area contributed by atoms with Crippen LogP contribution in [0.25, 0.3) is 0 Å². The molecule has 0 aliphatic heterocycles. The lowest BCUT2D eigenvalue weighted by Crippen LogP contribution is -2.51. The van der Waals surface area contributed by atoms with Gasteiger partial charge in [0, 0.05) is 6.42 Å². The zero-order valence-corrected chi connectivity index (χ0v) is 86.9. The van der Waals surface area contributed by atoms with Gasteiger partial charge in [0.05, 0.1) is 45.3 Å². The first-order valence-corrected chi connectivity index (χ1v) is 43.1. The van der Waals surface area contributed by atoms with Crippen molar-refractivity contribution >= 4 is 0 Å². The molecule has 27 heteroatoms. The minimum Gasteiger partial charge on any atom is -0.171 e. The summed E-state index contributed by atoms with van der Waals surface area (Å²) in [7, 11) is 0. The highest BCUT2D eigenvalue weighted by Crippen LogP contribution is 2.59. The first kappa shape index (κ1) is 143. The quantitative estimate of drug-likeness (QED) is 0.152. The topological polar surface area (TPSA) is 0 Å². The van der Waals surface area contributed by atoms with E-state index in [-0.39, 0.29) is 46.3 Å². The first-order chi connectivity index (χ1) is 51.5. The molecule has 0 saturated carbocycles. The van der Waals surface area contributed by atoms with Crippen molar-refractivity contribution in [3.05, 3.63) is 0 Å². The van der Waals surface area contributed by atoms with E-state index in [0.29, 0.717) is 29.1 Å². The van der Waals surface area contributed by atoms with Crippen LogP contribution in [0.1, 0.15) is 400 Å². The molecule has 0 fully saturated rings. The number of alkyl halides is 27. The van der Waals surface area contributed by atoms with Gasteiger partial charge in [0.1, 0.15) is 0 Å². The van der Waals surface area contributed by atoms with Crippen LogP contribution in [0.15, 0.2) is 0 Å². The standard InChI is InChI=1S/C11H21F3.C10H19F3.C10H22.C9H17F3.C9H20.4C8H15F3.2C7H13F3/c1-8(2,3)9(4,5)10(6,7)11(12,13)14;1-7(8(2,3)4)9(5,6)10(11,12)13;1-8(2)10(6,7)9(3,4)5;1-6(2)8(4,5)7(3)9(10,11)12;1-7(2)8(3)9(4,5)6;2*1-6(2,3)7(4,5)8(9,10)11;2*1-5(2)6(3)7(4)8(9,10)11;1-4-6(2,3)5-7(8,9)10;1-4-5(2)6(3)7(8,9)10/h1-7H3;7H,1-6H3;8H,1-7H3;6-7H,1-5H3;7-8H,1-6H3;2*1-5H3;2*5-7H,1-4H3;4-5H2,1-3H3;5-6H,4H2,1-3H3/t;7-;;;8-;;;2*6-,7?;;5?,6-/m.1..1..11.1/s1.